The zero-order valence-electron chi connectivity index (χ0n) is 10.4. The number of nitrogens with zero attached hydrogens (tertiary/aromatic N) is 3. The summed E-state index contributed by atoms with van der Waals surface area (Å²) in [5.74, 6) is 0.101. The van der Waals surface area contributed by atoms with E-state index in [4.69, 9.17) is 0 Å². The molecule has 5 heteroatoms. The predicted molar refractivity (Wildman–Crippen MR) is 69.5 cm³/mol. The molecule has 0 unspecified atom stereocenters. The lowest BCUT2D eigenvalue weighted by Gasteiger charge is -2.27. The number of aromatic nitrogens is 2. The van der Waals surface area contributed by atoms with E-state index >= 15 is 0 Å². The molecule has 94 valence electrons. The maximum Gasteiger partial charge on any atom is 0.254 e. The number of benzene rings is 1. The van der Waals surface area contributed by atoms with Gasteiger partial charge in [0.2, 0.25) is 0 Å². The third-order valence-electron chi connectivity index (χ3n) is 3.27. The molecule has 0 aliphatic carbocycles. The normalized spacial score (nSPS) is 16.2. The fourth-order valence-electron chi connectivity index (χ4n) is 2.32. The molecule has 1 aromatic heterocycles. The molecule has 0 bridgehead atoms. The highest BCUT2D eigenvalue weighted by Crippen LogP contribution is 2.15. The first-order chi connectivity index (χ1) is 8.74. The maximum absolute atomic E-state index is 12.3. The summed E-state index contributed by atoms with van der Waals surface area (Å²) in [6.45, 7) is 3.30. The molecule has 0 spiro atoms. The summed E-state index contributed by atoms with van der Waals surface area (Å²) in [7, 11) is 1.89. The Kier molecular flexibility index (Phi) is 2.76. The van der Waals surface area contributed by atoms with Gasteiger partial charge in [0.05, 0.1) is 5.52 Å². The lowest BCUT2D eigenvalue weighted by Crippen LogP contribution is -2.46. The van der Waals surface area contributed by atoms with Crippen LogP contribution in [0.4, 0.5) is 0 Å². The number of aryl methyl sites for hydroxylation is 1. The van der Waals surface area contributed by atoms with Crippen LogP contribution in [0, 0.1) is 0 Å². The number of amides is 1. The highest BCUT2D eigenvalue weighted by atomic mass is 16.2. The van der Waals surface area contributed by atoms with E-state index in [0.29, 0.717) is 0 Å². The Morgan fingerprint density at radius 2 is 2.11 bits per heavy atom. The van der Waals surface area contributed by atoms with Crippen LogP contribution in [0.2, 0.25) is 0 Å². The van der Waals surface area contributed by atoms with Crippen molar-refractivity contribution in [2.75, 3.05) is 26.2 Å². The minimum absolute atomic E-state index is 0.101. The summed E-state index contributed by atoms with van der Waals surface area (Å²) >= 11 is 0. The number of piperazine rings is 1. The minimum atomic E-state index is 0.101. The largest absolute Gasteiger partial charge is 0.336 e. The molecule has 18 heavy (non-hydrogen) atoms. The van der Waals surface area contributed by atoms with Crippen LogP contribution in [0.15, 0.2) is 24.4 Å². The van der Waals surface area contributed by atoms with E-state index < -0.39 is 0 Å². The Bertz CT molecular complexity index is 584. The highest BCUT2D eigenvalue weighted by molar-refractivity contribution is 5.97. The fourth-order valence-corrected chi connectivity index (χ4v) is 2.32. The van der Waals surface area contributed by atoms with Gasteiger partial charge in [-0.25, -0.2) is 0 Å². The van der Waals surface area contributed by atoms with E-state index in [1.807, 2.05) is 36.3 Å². The molecule has 1 fully saturated rings. The number of fused-ring (bicyclic) bond motifs is 1. The van der Waals surface area contributed by atoms with Gasteiger partial charge in [0.1, 0.15) is 0 Å². The van der Waals surface area contributed by atoms with Gasteiger partial charge in [-0.1, -0.05) is 6.07 Å². The van der Waals surface area contributed by atoms with Crippen molar-refractivity contribution in [2.24, 2.45) is 7.05 Å². The first-order valence-corrected chi connectivity index (χ1v) is 6.17. The summed E-state index contributed by atoms with van der Waals surface area (Å²) < 4.78 is 1.77. The van der Waals surface area contributed by atoms with Gasteiger partial charge in [-0.05, 0) is 12.1 Å². The van der Waals surface area contributed by atoms with Crippen LogP contribution in [0.25, 0.3) is 10.9 Å². The third kappa shape index (κ3) is 1.97. The maximum atomic E-state index is 12.3. The van der Waals surface area contributed by atoms with E-state index in [1.165, 1.54) is 0 Å². The molecule has 1 aromatic carbocycles. The SMILES string of the molecule is Cn1cc2ccc(C(=O)N3CCNCC3)cc2n1. The monoisotopic (exact) mass is 244 g/mol. The Morgan fingerprint density at radius 1 is 1.33 bits per heavy atom. The van der Waals surface area contributed by atoms with Gasteiger partial charge >= 0.3 is 0 Å². The molecule has 1 aliphatic heterocycles. The van der Waals surface area contributed by atoms with E-state index in [9.17, 15) is 4.79 Å². The van der Waals surface area contributed by atoms with Gasteiger partial charge in [-0.15, -0.1) is 0 Å². The van der Waals surface area contributed by atoms with Crippen LogP contribution in [-0.4, -0.2) is 46.8 Å². The lowest BCUT2D eigenvalue weighted by atomic mass is 10.1. The van der Waals surface area contributed by atoms with Crippen molar-refractivity contribution < 1.29 is 4.79 Å². The van der Waals surface area contributed by atoms with E-state index in [1.54, 1.807) is 4.68 Å². The van der Waals surface area contributed by atoms with Crippen LogP contribution in [-0.2, 0) is 7.05 Å². The summed E-state index contributed by atoms with van der Waals surface area (Å²) in [6.07, 6.45) is 1.95. The molecule has 1 aliphatic rings. The average molecular weight is 244 g/mol. The van der Waals surface area contributed by atoms with Gasteiger partial charge < -0.3 is 10.2 Å². The smallest absolute Gasteiger partial charge is 0.254 e. The third-order valence-corrected chi connectivity index (χ3v) is 3.27. The predicted octanol–water partition coefficient (Wildman–Crippen LogP) is 0.619. The van der Waals surface area contributed by atoms with Gasteiger partial charge in [-0.3, -0.25) is 9.48 Å². The van der Waals surface area contributed by atoms with Gasteiger partial charge in [0, 0.05) is 50.4 Å². The molecule has 0 radical (unpaired) electrons. The average Bonchev–Trinajstić information content (AvgIpc) is 2.78. The Morgan fingerprint density at radius 3 is 2.89 bits per heavy atom. The van der Waals surface area contributed by atoms with Gasteiger partial charge in [0.15, 0.2) is 0 Å². The lowest BCUT2D eigenvalue weighted by molar-refractivity contribution is 0.0736. The number of hydrogen-bond donors (Lipinski definition) is 1. The van der Waals surface area contributed by atoms with E-state index in [-0.39, 0.29) is 5.91 Å². The van der Waals surface area contributed by atoms with Crippen LogP contribution in [0.1, 0.15) is 10.4 Å². The Labute approximate surface area is 105 Å². The second kappa shape index (κ2) is 4.42. The molecule has 0 atom stereocenters. The minimum Gasteiger partial charge on any atom is -0.336 e. The number of hydrogen-bond acceptors (Lipinski definition) is 3. The van der Waals surface area contributed by atoms with Crippen molar-refractivity contribution in [2.45, 2.75) is 0 Å². The first kappa shape index (κ1) is 11.2. The van der Waals surface area contributed by atoms with Crippen LogP contribution >= 0.6 is 0 Å². The molecule has 2 aromatic rings. The summed E-state index contributed by atoms with van der Waals surface area (Å²) in [6, 6.07) is 5.71. The van der Waals surface area contributed by atoms with E-state index in [2.05, 4.69) is 10.4 Å². The molecule has 2 heterocycles. The topological polar surface area (TPSA) is 50.2 Å². The zero-order valence-corrected chi connectivity index (χ0v) is 10.4. The molecule has 1 N–H and O–H groups in total. The second-order valence-corrected chi connectivity index (χ2v) is 4.62. The Balaban J connectivity index is 1.90. The molecule has 1 amide bonds. The molecule has 1 saturated heterocycles. The van der Waals surface area contributed by atoms with Crippen LogP contribution in [0.3, 0.4) is 0 Å². The Hall–Kier alpha value is -1.88. The van der Waals surface area contributed by atoms with Crippen LogP contribution in [0.5, 0.6) is 0 Å². The van der Waals surface area contributed by atoms with Gasteiger partial charge in [0.25, 0.3) is 5.91 Å². The number of carbonyl (C=O) groups is 1. The standard InChI is InChI=1S/C13H16N4O/c1-16-9-11-3-2-10(8-12(11)15-16)13(18)17-6-4-14-5-7-17/h2-3,8-9,14H,4-7H2,1H3. The van der Waals surface area contributed by atoms with Crippen molar-refractivity contribution in [3.8, 4) is 0 Å². The number of nitrogens with one attached hydrogen (secondary N) is 1. The summed E-state index contributed by atoms with van der Waals surface area (Å²) in [4.78, 5) is 14.2. The van der Waals surface area contributed by atoms with Crippen molar-refractivity contribution >= 4 is 16.8 Å². The first-order valence-electron chi connectivity index (χ1n) is 6.17. The van der Waals surface area contributed by atoms with Crippen LogP contribution < -0.4 is 5.32 Å². The summed E-state index contributed by atoms with van der Waals surface area (Å²) in [5.41, 5.74) is 1.60. The molecule has 5 nitrogen and oxygen atoms in total. The van der Waals surface area contributed by atoms with Crippen molar-refractivity contribution in [3.05, 3.63) is 30.0 Å². The molecular weight excluding hydrogens is 228 g/mol. The van der Waals surface area contributed by atoms with E-state index in [0.717, 1.165) is 42.6 Å². The molecule has 0 saturated carbocycles. The van der Waals surface area contributed by atoms with Crippen molar-refractivity contribution in [1.82, 2.24) is 20.0 Å². The summed E-state index contributed by atoms with van der Waals surface area (Å²) in [5, 5.41) is 8.64. The zero-order chi connectivity index (χ0) is 12.5. The van der Waals surface area contributed by atoms with Crippen molar-refractivity contribution in [3.63, 3.8) is 0 Å². The van der Waals surface area contributed by atoms with Gasteiger partial charge in [-0.2, -0.15) is 5.10 Å². The number of carbonyl (C=O) groups excluding carboxylic acids is 1. The highest BCUT2D eigenvalue weighted by Gasteiger charge is 2.18. The fraction of sp³-hybridized carbons (Fsp3) is 0.385. The van der Waals surface area contributed by atoms with Crippen molar-refractivity contribution in [1.29, 1.82) is 0 Å². The number of rotatable bonds is 1. The molecule has 3 rings (SSSR count). The molecular formula is C13H16N4O. The quantitative estimate of drug-likeness (QED) is 0.800. The second-order valence-electron chi connectivity index (χ2n) is 4.62.